The van der Waals surface area contributed by atoms with E-state index in [9.17, 15) is 4.79 Å². The maximum atomic E-state index is 12.8. The molecule has 1 N–H and O–H groups in total. The summed E-state index contributed by atoms with van der Waals surface area (Å²) in [6.45, 7) is 1.27. The van der Waals surface area contributed by atoms with E-state index < -0.39 is 0 Å². The maximum absolute atomic E-state index is 12.8. The second-order valence-electron chi connectivity index (χ2n) is 9.24. The number of ether oxygens (including phenoxy) is 2. The molecular weight excluding hydrogens is 388 g/mol. The SMILES string of the molecule is COc1ccc2c(c1)C=C(C(=O)Nc1ccc(C[N+](C)(C)C3CCCCC3)cc1)CO2. The summed E-state index contributed by atoms with van der Waals surface area (Å²) in [6, 6.07) is 14.6. The van der Waals surface area contributed by atoms with Gasteiger partial charge in [-0.25, -0.2) is 0 Å². The zero-order valence-corrected chi connectivity index (χ0v) is 18.8. The Hall–Kier alpha value is -2.79. The van der Waals surface area contributed by atoms with E-state index in [1.165, 1.54) is 37.7 Å². The first-order chi connectivity index (χ1) is 14.9. The molecule has 0 spiro atoms. The highest BCUT2D eigenvalue weighted by Crippen LogP contribution is 2.31. The van der Waals surface area contributed by atoms with E-state index in [0.29, 0.717) is 5.57 Å². The topological polar surface area (TPSA) is 47.6 Å². The van der Waals surface area contributed by atoms with Crippen LogP contribution in [0, 0.1) is 0 Å². The number of rotatable bonds is 6. The average Bonchev–Trinajstić information content (AvgIpc) is 2.80. The summed E-state index contributed by atoms with van der Waals surface area (Å²) in [4.78, 5) is 12.8. The Kier molecular flexibility index (Phi) is 6.33. The van der Waals surface area contributed by atoms with Gasteiger partial charge in [0, 0.05) is 16.8 Å². The Morgan fingerprint density at radius 3 is 2.55 bits per heavy atom. The molecule has 0 bridgehead atoms. The normalized spacial score (nSPS) is 16.7. The second kappa shape index (κ2) is 9.15. The fourth-order valence-electron chi connectivity index (χ4n) is 4.70. The van der Waals surface area contributed by atoms with Crippen molar-refractivity contribution in [2.75, 3.05) is 33.1 Å². The van der Waals surface area contributed by atoms with Gasteiger partial charge in [-0.15, -0.1) is 0 Å². The summed E-state index contributed by atoms with van der Waals surface area (Å²) < 4.78 is 12.0. The van der Waals surface area contributed by atoms with E-state index in [0.717, 1.165) is 39.8 Å². The van der Waals surface area contributed by atoms with Gasteiger partial charge < -0.3 is 19.3 Å². The predicted octanol–water partition coefficient (Wildman–Crippen LogP) is 5.02. The molecule has 31 heavy (non-hydrogen) atoms. The molecule has 4 rings (SSSR count). The van der Waals surface area contributed by atoms with Gasteiger partial charge in [-0.3, -0.25) is 4.79 Å². The fourth-order valence-corrected chi connectivity index (χ4v) is 4.70. The lowest BCUT2D eigenvalue weighted by Gasteiger charge is -2.40. The van der Waals surface area contributed by atoms with Gasteiger partial charge in [-0.1, -0.05) is 18.6 Å². The van der Waals surface area contributed by atoms with Crippen molar-refractivity contribution in [3.8, 4) is 11.5 Å². The van der Waals surface area contributed by atoms with Crippen LogP contribution in [-0.4, -0.2) is 44.2 Å². The van der Waals surface area contributed by atoms with Crippen LogP contribution in [-0.2, 0) is 11.3 Å². The van der Waals surface area contributed by atoms with E-state index in [4.69, 9.17) is 9.47 Å². The number of hydrogen-bond acceptors (Lipinski definition) is 3. The lowest BCUT2D eigenvalue weighted by molar-refractivity contribution is -0.929. The molecule has 2 aromatic rings. The molecule has 1 aliphatic heterocycles. The first kappa shape index (κ1) is 21.4. The second-order valence-corrected chi connectivity index (χ2v) is 9.24. The molecule has 2 aliphatic rings. The molecule has 1 aliphatic carbocycles. The van der Waals surface area contributed by atoms with Crippen LogP contribution in [0.3, 0.4) is 0 Å². The van der Waals surface area contributed by atoms with Crippen LogP contribution in [0.2, 0.25) is 0 Å². The first-order valence-electron chi connectivity index (χ1n) is 11.2. The molecule has 0 radical (unpaired) electrons. The molecule has 1 amide bonds. The number of carbonyl (C=O) groups is 1. The van der Waals surface area contributed by atoms with Crippen molar-refractivity contribution in [2.45, 2.75) is 44.7 Å². The number of nitrogens with zero attached hydrogens (tertiary/aromatic N) is 1. The molecule has 1 fully saturated rings. The molecule has 0 aromatic heterocycles. The molecule has 2 aromatic carbocycles. The minimum absolute atomic E-state index is 0.139. The van der Waals surface area contributed by atoms with Gasteiger partial charge in [-0.2, -0.15) is 0 Å². The lowest BCUT2D eigenvalue weighted by atomic mass is 9.92. The van der Waals surface area contributed by atoms with Crippen LogP contribution in [0.15, 0.2) is 48.0 Å². The first-order valence-corrected chi connectivity index (χ1v) is 11.2. The number of nitrogens with one attached hydrogen (secondary N) is 1. The monoisotopic (exact) mass is 421 g/mol. The third-order valence-corrected chi connectivity index (χ3v) is 6.59. The van der Waals surface area contributed by atoms with Gasteiger partial charge in [0.1, 0.15) is 24.7 Å². The smallest absolute Gasteiger partial charge is 0.255 e. The van der Waals surface area contributed by atoms with Crippen molar-refractivity contribution >= 4 is 17.7 Å². The highest BCUT2D eigenvalue weighted by atomic mass is 16.5. The number of quaternary nitrogens is 1. The standard InChI is InChI=1S/C26H32N2O3/c1-28(2,23-7-5-4-6-8-23)17-19-9-11-22(12-10-19)27-26(29)21-15-20-16-24(30-3)13-14-25(20)31-18-21/h9-16,23H,4-8,17-18H2,1-3H3/p+1. The third-order valence-electron chi connectivity index (χ3n) is 6.59. The van der Waals surface area contributed by atoms with E-state index in [1.807, 2.05) is 36.4 Å². The highest BCUT2D eigenvalue weighted by molar-refractivity contribution is 6.07. The highest BCUT2D eigenvalue weighted by Gasteiger charge is 2.29. The number of fused-ring (bicyclic) bond motifs is 1. The summed E-state index contributed by atoms with van der Waals surface area (Å²) >= 11 is 0. The largest absolute Gasteiger partial charge is 0.497 e. The molecule has 0 atom stereocenters. The third kappa shape index (κ3) is 5.10. The summed E-state index contributed by atoms with van der Waals surface area (Å²) in [5.41, 5.74) is 3.55. The van der Waals surface area contributed by atoms with Gasteiger partial charge in [0.05, 0.1) is 32.8 Å². The van der Waals surface area contributed by atoms with Gasteiger partial charge in [0.2, 0.25) is 0 Å². The number of carbonyl (C=O) groups excluding carboxylic acids is 1. The number of benzene rings is 2. The van der Waals surface area contributed by atoms with E-state index in [-0.39, 0.29) is 12.5 Å². The van der Waals surface area contributed by atoms with Crippen molar-refractivity contribution in [3.63, 3.8) is 0 Å². The number of anilines is 1. The molecule has 5 heteroatoms. The van der Waals surface area contributed by atoms with Crippen molar-refractivity contribution < 1.29 is 18.8 Å². The molecule has 0 saturated heterocycles. The maximum Gasteiger partial charge on any atom is 0.255 e. The van der Waals surface area contributed by atoms with Gasteiger partial charge in [0.25, 0.3) is 5.91 Å². The molecule has 5 nitrogen and oxygen atoms in total. The van der Waals surface area contributed by atoms with Crippen LogP contribution in [0.4, 0.5) is 5.69 Å². The van der Waals surface area contributed by atoms with Crippen molar-refractivity contribution in [3.05, 3.63) is 59.2 Å². The van der Waals surface area contributed by atoms with Gasteiger partial charge >= 0.3 is 0 Å². The van der Waals surface area contributed by atoms with E-state index >= 15 is 0 Å². The van der Waals surface area contributed by atoms with Gasteiger partial charge in [0.15, 0.2) is 0 Å². The minimum Gasteiger partial charge on any atom is -0.497 e. The van der Waals surface area contributed by atoms with Gasteiger partial charge in [-0.05, 0) is 62.1 Å². The van der Waals surface area contributed by atoms with Crippen LogP contribution >= 0.6 is 0 Å². The van der Waals surface area contributed by atoms with Crippen molar-refractivity contribution in [2.24, 2.45) is 0 Å². The number of amides is 1. The van der Waals surface area contributed by atoms with Crippen LogP contribution < -0.4 is 14.8 Å². The Labute approximate surface area is 185 Å². The number of methoxy groups -OCH3 is 1. The molecule has 164 valence electrons. The zero-order chi connectivity index (χ0) is 21.8. The minimum atomic E-state index is -0.139. The summed E-state index contributed by atoms with van der Waals surface area (Å²) in [6.07, 6.45) is 8.61. The lowest BCUT2D eigenvalue weighted by Crippen LogP contribution is -2.48. The fraction of sp³-hybridized carbons (Fsp3) is 0.423. The molecule has 1 heterocycles. The number of hydrogen-bond donors (Lipinski definition) is 1. The van der Waals surface area contributed by atoms with E-state index in [2.05, 4.69) is 31.5 Å². The molecule has 0 unspecified atom stereocenters. The Bertz CT molecular complexity index is 957. The molecular formula is C26H33N2O3+. The van der Waals surface area contributed by atoms with Crippen molar-refractivity contribution in [1.82, 2.24) is 0 Å². The van der Waals surface area contributed by atoms with Crippen LogP contribution in [0.25, 0.3) is 6.08 Å². The Balaban J connectivity index is 1.39. The summed E-state index contributed by atoms with van der Waals surface area (Å²) in [5.74, 6) is 1.37. The average molecular weight is 422 g/mol. The Morgan fingerprint density at radius 2 is 1.84 bits per heavy atom. The van der Waals surface area contributed by atoms with Crippen LogP contribution in [0.5, 0.6) is 11.5 Å². The predicted molar refractivity (Wildman–Crippen MR) is 124 cm³/mol. The zero-order valence-electron chi connectivity index (χ0n) is 18.8. The quantitative estimate of drug-likeness (QED) is 0.667. The van der Waals surface area contributed by atoms with Crippen molar-refractivity contribution in [1.29, 1.82) is 0 Å². The van der Waals surface area contributed by atoms with Crippen LogP contribution in [0.1, 0.15) is 43.2 Å². The Morgan fingerprint density at radius 1 is 1.10 bits per heavy atom. The summed E-state index contributed by atoms with van der Waals surface area (Å²) in [7, 11) is 6.31. The summed E-state index contributed by atoms with van der Waals surface area (Å²) in [5, 5.41) is 3.00. The molecule has 1 saturated carbocycles. The van der Waals surface area contributed by atoms with E-state index in [1.54, 1.807) is 7.11 Å².